The van der Waals surface area contributed by atoms with Gasteiger partial charge in [0.05, 0.1) is 10.2 Å². The van der Waals surface area contributed by atoms with Crippen LogP contribution in [0.25, 0.3) is 0 Å². The molecule has 1 heterocycles. The van der Waals surface area contributed by atoms with Crippen molar-refractivity contribution in [2.75, 3.05) is 18.5 Å². The van der Waals surface area contributed by atoms with Gasteiger partial charge in [-0.3, -0.25) is 14.4 Å². The second-order valence-electron chi connectivity index (χ2n) is 13.6. The van der Waals surface area contributed by atoms with E-state index >= 15 is 0 Å². The lowest BCUT2D eigenvalue weighted by Crippen LogP contribution is -2.42. The van der Waals surface area contributed by atoms with Crippen molar-refractivity contribution in [3.63, 3.8) is 0 Å². The zero-order chi connectivity index (χ0) is 31.3. The zero-order valence-corrected chi connectivity index (χ0v) is 28.3. The number of rotatable bonds is 7. The highest BCUT2D eigenvalue weighted by atomic mass is 127. The molecule has 0 saturated carbocycles. The van der Waals surface area contributed by atoms with E-state index in [0.717, 1.165) is 50.2 Å². The summed E-state index contributed by atoms with van der Waals surface area (Å²) in [6, 6.07) is 9.71. The van der Waals surface area contributed by atoms with Crippen molar-refractivity contribution in [2.24, 2.45) is 10.8 Å². The maximum atomic E-state index is 13.7. The minimum atomic E-state index is -0.479. The predicted molar refractivity (Wildman–Crippen MR) is 176 cm³/mol. The number of allylic oxidation sites excluding steroid dienone is 4. The maximum absolute atomic E-state index is 13.7. The van der Waals surface area contributed by atoms with Crippen molar-refractivity contribution in [1.29, 1.82) is 0 Å². The zero-order valence-electron chi connectivity index (χ0n) is 26.1. The van der Waals surface area contributed by atoms with Gasteiger partial charge in [-0.2, -0.15) is 0 Å². The number of amides is 1. The molecular weight excluding hydrogens is 655 g/mol. The molecule has 2 aliphatic carbocycles. The van der Waals surface area contributed by atoms with Crippen molar-refractivity contribution >= 4 is 45.8 Å². The number of carbonyl (C=O) groups excluding carboxylic acids is 3. The average Bonchev–Trinajstić information content (AvgIpc) is 2.87. The number of nitrogens with one attached hydrogen (secondary N) is 2. The normalized spacial score (nSPS) is 19.4. The fraction of sp³-hybridized carbons (Fsp3) is 0.457. The number of ether oxygens (including phenoxy) is 2. The van der Waals surface area contributed by atoms with E-state index in [-0.39, 0.29) is 34.9 Å². The van der Waals surface area contributed by atoms with Crippen LogP contribution in [-0.4, -0.2) is 30.7 Å². The summed E-state index contributed by atoms with van der Waals surface area (Å²) in [6.45, 7) is 14.5. The van der Waals surface area contributed by atoms with Crippen molar-refractivity contribution in [3.05, 3.63) is 73.1 Å². The van der Waals surface area contributed by atoms with Crippen LogP contribution in [0.5, 0.6) is 11.5 Å². The minimum absolute atomic E-state index is 0.0734. The van der Waals surface area contributed by atoms with Crippen molar-refractivity contribution < 1.29 is 23.9 Å². The molecule has 43 heavy (non-hydrogen) atoms. The molecule has 2 aromatic rings. The van der Waals surface area contributed by atoms with Crippen LogP contribution in [0.2, 0.25) is 0 Å². The summed E-state index contributed by atoms with van der Waals surface area (Å²) in [5.41, 5.74) is 6.56. The molecule has 5 rings (SSSR count). The molecule has 0 atom stereocenters. The number of benzene rings is 2. The quantitative estimate of drug-likeness (QED) is 0.296. The highest BCUT2D eigenvalue weighted by Crippen LogP contribution is 2.52. The Morgan fingerprint density at radius 3 is 2.09 bits per heavy atom. The number of carbonyl (C=O) groups is 3. The number of hydrogen-bond acceptors (Lipinski definition) is 6. The van der Waals surface area contributed by atoms with Crippen LogP contribution in [0.1, 0.15) is 82.9 Å². The number of Topliss-reactive ketones (excluding diaryl/α,β-unsaturated/α-hetero) is 2. The molecule has 7 nitrogen and oxygen atoms in total. The summed E-state index contributed by atoms with van der Waals surface area (Å²) in [5.74, 6) is 0.343. The molecule has 2 aromatic carbocycles. The summed E-state index contributed by atoms with van der Waals surface area (Å²) in [4.78, 5) is 40.3. The number of halogens is 1. The predicted octanol–water partition coefficient (Wildman–Crippen LogP) is 7.30. The van der Waals surface area contributed by atoms with Gasteiger partial charge in [-0.05, 0) is 96.4 Å². The van der Waals surface area contributed by atoms with E-state index in [4.69, 9.17) is 9.47 Å². The molecule has 0 bridgehead atoms. The Hall–Kier alpha value is -3.14. The molecule has 3 aliphatic rings. The lowest BCUT2D eigenvalue weighted by molar-refractivity contribution is -0.119. The first-order chi connectivity index (χ1) is 20.2. The summed E-state index contributed by atoms with van der Waals surface area (Å²) < 4.78 is 12.8. The Bertz CT molecular complexity index is 1530. The third-order valence-electron chi connectivity index (χ3n) is 8.39. The lowest BCUT2D eigenvalue weighted by atomic mass is 9.64. The molecule has 8 heteroatoms. The molecule has 0 radical (unpaired) electrons. The number of ketones is 2. The molecule has 1 amide bonds. The molecule has 228 valence electrons. The topological polar surface area (TPSA) is 93.7 Å². The highest BCUT2D eigenvalue weighted by Gasteiger charge is 2.46. The Morgan fingerprint density at radius 1 is 0.930 bits per heavy atom. The fourth-order valence-corrected chi connectivity index (χ4v) is 7.44. The molecule has 0 spiro atoms. The SMILES string of the molecule is CCOc1cc(C2C3=C(CC(C)(C)CC3=O)NC3=C2C(=O)CC(C)(C)C3)cc(I)c1OCC(=O)Nc1ccc(C)cc1C. The second-order valence-corrected chi connectivity index (χ2v) is 14.8. The van der Waals surface area contributed by atoms with Crippen LogP contribution in [0.15, 0.2) is 52.9 Å². The maximum Gasteiger partial charge on any atom is 0.262 e. The van der Waals surface area contributed by atoms with Crippen LogP contribution in [-0.2, 0) is 14.4 Å². The Morgan fingerprint density at radius 2 is 1.53 bits per heavy atom. The largest absolute Gasteiger partial charge is 0.490 e. The first-order valence-electron chi connectivity index (χ1n) is 14.9. The van der Waals surface area contributed by atoms with Crippen LogP contribution in [0.3, 0.4) is 0 Å². The third kappa shape index (κ3) is 6.54. The van der Waals surface area contributed by atoms with Gasteiger partial charge in [0.25, 0.3) is 5.91 Å². The average molecular weight is 697 g/mol. The van der Waals surface area contributed by atoms with Gasteiger partial charge in [0.1, 0.15) is 0 Å². The summed E-state index contributed by atoms with van der Waals surface area (Å²) in [6.07, 6.45) is 2.33. The van der Waals surface area contributed by atoms with Crippen LogP contribution < -0.4 is 20.1 Å². The Labute approximate surface area is 268 Å². The first kappa shape index (κ1) is 31.3. The summed E-state index contributed by atoms with van der Waals surface area (Å²) in [5, 5.41) is 6.50. The van der Waals surface area contributed by atoms with E-state index in [1.807, 2.05) is 51.1 Å². The van der Waals surface area contributed by atoms with E-state index in [9.17, 15) is 14.4 Å². The first-order valence-corrected chi connectivity index (χ1v) is 16.0. The lowest BCUT2D eigenvalue weighted by Gasteiger charge is -2.44. The summed E-state index contributed by atoms with van der Waals surface area (Å²) in [7, 11) is 0. The van der Waals surface area contributed by atoms with Crippen LogP contribution in [0.4, 0.5) is 5.69 Å². The summed E-state index contributed by atoms with van der Waals surface area (Å²) >= 11 is 2.19. The van der Waals surface area contributed by atoms with Crippen LogP contribution >= 0.6 is 22.6 Å². The Balaban J connectivity index is 1.51. The number of anilines is 1. The number of hydrogen-bond donors (Lipinski definition) is 2. The smallest absolute Gasteiger partial charge is 0.262 e. The monoisotopic (exact) mass is 696 g/mol. The molecular formula is C35H41IN2O5. The standard InChI is InChI=1S/C35H41IN2O5/c1-8-42-28-13-21(12-22(36)33(28)43-18-29(41)38-23-10-9-19(2)11-20(23)3)30-31-24(14-34(4,5)16-26(31)39)37-25-15-35(6,7)17-27(40)32(25)30/h9-13,30,37H,8,14-18H2,1-7H3,(H,38,41). The Kier molecular flexibility index (Phi) is 8.55. The molecule has 1 aliphatic heterocycles. The van der Waals surface area contributed by atoms with Gasteiger partial charge in [0.2, 0.25) is 0 Å². The van der Waals surface area contributed by atoms with Crippen molar-refractivity contribution in [1.82, 2.24) is 5.32 Å². The van der Waals surface area contributed by atoms with Crippen LogP contribution in [0, 0.1) is 28.2 Å². The van der Waals surface area contributed by atoms with Gasteiger partial charge in [0, 0.05) is 47.0 Å². The van der Waals surface area contributed by atoms with E-state index in [1.165, 1.54) is 0 Å². The van der Waals surface area contributed by atoms with Gasteiger partial charge >= 0.3 is 0 Å². The van der Waals surface area contributed by atoms with Gasteiger partial charge < -0.3 is 20.1 Å². The van der Waals surface area contributed by atoms with Gasteiger partial charge in [0.15, 0.2) is 29.7 Å². The van der Waals surface area contributed by atoms with E-state index in [0.29, 0.717) is 42.1 Å². The van der Waals surface area contributed by atoms with Crippen molar-refractivity contribution in [3.8, 4) is 11.5 Å². The van der Waals surface area contributed by atoms with E-state index in [2.05, 4.69) is 60.9 Å². The van der Waals surface area contributed by atoms with E-state index < -0.39 is 5.92 Å². The van der Waals surface area contributed by atoms with Gasteiger partial charge in [-0.1, -0.05) is 45.4 Å². The molecule has 0 unspecified atom stereocenters. The molecule has 0 fully saturated rings. The third-order valence-corrected chi connectivity index (χ3v) is 9.19. The van der Waals surface area contributed by atoms with E-state index in [1.54, 1.807) is 0 Å². The molecule has 0 saturated heterocycles. The highest BCUT2D eigenvalue weighted by molar-refractivity contribution is 14.1. The van der Waals surface area contributed by atoms with Gasteiger partial charge in [-0.15, -0.1) is 0 Å². The van der Waals surface area contributed by atoms with Gasteiger partial charge in [-0.25, -0.2) is 0 Å². The molecule has 2 N–H and O–H groups in total. The fourth-order valence-electron chi connectivity index (χ4n) is 6.66. The molecule has 0 aromatic heterocycles. The van der Waals surface area contributed by atoms with Crippen molar-refractivity contribution in [2.45, 2.75) is 80.1 Å². The second kappa shape index (κ2) is 11.7. The number of aryl methyl sites for hydroxylation is 2. The number of dihydropyridines is 1. The minimum Gasteiger partial charge on any atom is -0.490 e.